The Labute approximate surface area is 222 Å². The number of hydrogen-bond acceptors (Lipinski definition) is 3. The van der Waals surface area contributed by atoms with Crippen LogP contribution in [0.1, 0.15) is 94.8 Å². The number of hydrogen-bond donors (Lipinski definition) is 2. The van der Waals surface area contributed by atoms with Crippen LogP contribution in [0.5, 0.6) is 5.75 Å². The fourth-order valence-corrected chi connectivity index (χ4v) is 5.08. The van der Waals surface area contributed by atoms with Crippen molar-refractivity contribution in [1.29, 1.82) is 5.41 Å². The molecule has 2 N–H and O–H groups in total. The Morgan fingerprint density at radius 3 is 2.06 bits per heavy atom. The number of nitrogens with zero attached hydrogens (tertiary/aromatic N) is 1. The van der Waals surface area contributed by atoms with Crippen molar-refractivity contribution in [2.75, 3.05) is 6.54 Å². The van der Waals surface area contributed by atoms with Crippen molar-refractivity contribution in [2.24, 2.45) is 5.92 Å². The van der Waals surface area contributed by atoms with Crippen molar-refractivity contribution in [3.05, 3.63) is 64.7 Å². The van der Waals surface area contributed by atoms with Crippen LogP contribution in [0.3, 0.4) is 0 Å². The van der Waals surface area contributed by atoms with Crippen LogP contribution in [0.2, 0.25) is 0 Å². The molecule has 0 spiro atoms. The van der Waals surface area contributed by atoms with E-state index in [4.69, 9.17) is 5.41 Å². The third-order valence-electron chi connectivity index (χ3n) is 7.01. The lowest BCUT2D eigenvalue weighted by atomic mass is 9.78. The van der Waals surface area contributed by atoms with Crippen LogP contribution in [0.4, 0.5) is 0 Å². The zero-order valence-corrected chi connectivity index (χ0v) is 24.2. The third kappa shape index (κ3) is 6.75. The van der Waals surface area contributed by atoms with Crippen molar-refractivity contribution in [3.8, 4) is 5.75 Å². The number of benzene rings is 2. The molecule has 1 aliphatic heterocycles. The minimum atomic E-state index is -0.289. The van der Waals surface area contributed by atoms with E-state index in [1.807, 2.05) is 35.2 Å². The van der Waals surface area contributed by atoms with Crippen LogP contribution in [0.25, 0.3) is 0 Å². The van der Waals surface area contributed by atoms with Gasteiger partial charge in [0.1, 0.15) is 5.75 Å². The van der Waals surface area contributed by atoms with Gasteiger partial charge in [0, 0.05) is 28.7 Å². The van der Waals surface area contributed by atoms with Gasteiger partial charge in [0.25, 0.3) is 0 Å². The van der Waals surface area contributed by atoms with Crippen LogP contribution in [0, 0.1) is 11.3 Å². The molecule has 35 heavy (non-hydrogen) atoms. The van der Waals surface area contributed by atoms with Gasteiger partial charge in [-0.2, -0.15) is 0 Å². The standard InChI is InChI=1S/C30H42N2O2.BrH/c1-8-12-21-16-23(15-20-13-10-9-11-14-20)32(28(21)31)19-26(33)22-17-24(29(2,3)4)27(34)25(18-22)30(5,6)7;/h9-11,13-14,17-18,21,23,31,34H,8,12,15-16,19H2,1-7H3;1H/t21-,23-;/m0./s1. The lowest BCUT2D eigenvalue weighted by molar-refractivity contribution is 0.0951. The molecule has 3 rings (SSSR count). The zero-order valence-electron chi connectivity index (χ0n) is 22.4. The maximum Gasteiger partial charge on any atom is 0.182 e. The Hall–Kier alpha value is -2.14. The van der Waals surface area contributed by atoms with Crippen molar-refractivity contribution in [1.82, 2.24) is 4.90 Å². The third-order valence-corrected chi connectivity index (χ3v) is 7.01. The molecule has 0 aromatic heterocycles. The first kappa shape index (κ1) is 29.1. The van der Waals surface area contributed by atoms with Gasteiger partial charge in [-0.05, 0) is 47.8 Å². The molecule has 1 aliphatic rings. The molecule has 2 aromatic carbocycles. The number of rotatable bonds is 7. The Morgan fingerprint density at radius 2 is 1.57 bits per heavy atom. The van der Waals surface area contributed by atoms with Crippen LogP contribution in [-0.4, -0.2) is 34.2 Å². The number of phenols is 1. The van der Waals surface area contributed by atoms with Crippen molar-refractivity contribution < 1.29 is 9.90 Å². The summed E-state index contributed by atoms with van der Waals surface area (Å²) < 4.78 is 0. The van der Waals surface area contributed by atoms with Gasteiger partial charge in [-0.3, -0.25) is 10.2 Å². The summed E-state index contributed by atoms with van der Waals surface area (Å²) in [5, 5.41) is 19.9. The number of aromatic hydroxyl groups is 1. The first-order chi connectivity index (χ1) is 15.8. The average Bonchev–Trinajstić information content (AvgIpc) is 3.02. The molecule has 192 valence electrons. The van der Waals surface area contributed by atoms with E-state index in [0.717, 1.165) is 36.8 Å². The van der Waals surface area contributed by atoms with Gasteiger partial charge in [-0.15, -0.1) is 17.0 Å². The number of nitrogens with one attached hydrogen (secondary N) is 1. The number of carbonyl (C=O) groups is 1. The molecule has 0 bridgehead atoms. The van der Waals surface area contributed by atoms with Crippen LogP contribution in [-0.2, 0) is 17.3 Å². The number of phenolic OH excluding ortho intramolecular Hbond substituents is 1. The molecule has 4 nitrogen and oxygen atoms in total. The van der Waals surface area contributed by atoms with Crippen molar-refractivity contribution >= 4 is 28.6 Å². The summed E-state index contributed by atoms with van der Waals surface area (Å²) in [5.41, 5.74) is 2.88. The highest BCUT2D eigenvalue weighted by Gasteiger charge is 2.37. The lowest BCUT2D eigenvalue weighted by Gasteiger charge is -2.29. The highest BCUT2D eigenvalue weighted by atomic mass is 79.9. The Balaban J connectivity index is 0.00000432. The molecule has 1 fully saturated rings. The maximum atomic E-state index is 13.7. The molecule has 0 aliphatic carbocycles. The second-order valence-corrected chi connectivity index (χ2v) is 11.9. The van der Waals surface area contributed by atoms with Gasteiger partial charge < -0.3 is 10.0 Å². The van der Waals surface area contributed by atoms with Gasteiger partial charge in [0.2, 0.25) is 0 Å². The van der Waals surface area contributed by atoms with E-state index in [1.54, 1.807) is 0 Å². The van der Waals surface area contributed by atoms with Crippen molar-refractivity contribution in [3.63, 3.8) is 0 Å². The van der Waals surface area contributed by atoms with E-state index in [0.29, 0.717) is 11.4 Å². The minimum Gasteiger partial charge on any atom is -0.507 e. The number of Topliss-reactive ketones (excluding diaryl/α,β-unsaturated/α-hetero) is 1. The first-order valence-electron chi connectivity index (χ1n) is 12.6. The first-order valence-corrected chi connectivity index (χ1v) is 12.6. The fourth-order valence-electron chi connectivity index (χ4n) is 5.08. The second kappa shape index (κ2) is 11.3. The normalized spacial score (nSPS) is 18.5. The van der Waals surface area contributed by atoms with Gasteiger partial charge >= 0.3 is 0 Å². The largest absolute Gasteiger partial charge is 0.507 e. The maximum absolute atomic E-state index is 13.7. The monoisotopic (exact) mass is 542 g/mol. The predicted octanol–water partition coefficient (Wildman–Crippen LogP) is 7.46. The Bertz CT molecular complexity index is 1000. The summed E-state index contributed by atoms with van der Waals surface area (Å²) in [4.78, 5) is 15.7. The molecule has 5 heteroatoms. The summed E-state index contributed by atoms with van der Waals surface area (Å²) in [7, 11) is 0. The number of halogens is 1. The van der Waals surface area contributed by atoms with E-state index in [2.05, 4.69) is 60.6 Å². The van der Waals surface area contributed by atoms with E-state index in [-0.39, 0.29) is 57.8 Å². The minimum absolute atomic E-state index is 0. The van der Waals surface area contributed by atoms with E-state index >= 15 is 0 Å². The van der Waals surface area contributed by atoms with Gasteiger partial charge in [0.15, 0.2) is 5.78 Å². The molecular weight excluding hydrogens is 500 g/mol. The fraction of sp³-hybridized carbons (Fsp3) is 0.533. The summed E-state index contributed by atoms with van der Waals surface area (Å²) >= 11 is 0. The highest BCUT2D eigenvalue weighted by Crippen LogP contribution is 2.40. The lowest BCUT2D eigenvalue weighted by Crippen LogP contribution is -2.39. The quantitative estimate of drug-likeness (QED) is 0.357. The van der Waals surface area contributed by atoms with Gasteiger partial charge in [-0.1, -0.05) is 85.2 Å². The zero-order chi connectivity index (χ0) is 25.3. The summed E-state index contributed by atoms with van der Waals surface area (Å²) in [6.07, 6.45) is 3.78. The van der Waals surface area contributed by atoms with Crippen LogP contribution < -0.4 is 0 Å². The molecule has 2 atom stereocenters. The second-order valence-electron chi connectivity index (χ2n) is 11.9. The topological polar surface area (TPSA) is 64.4 Å². The van der Waals surface area contributed by atoms with Gasteiger partial charge in [0.05, 0.1) is 12.4 Å². The molecule has 0 unspecified atom stereocenters. The van der Waals surface area contributed by atoms with Crippen LogP contribution in [0.15, 0.2) is 42.5 Å². The number of carbonyl (C=O) groups excluding carboxylic acids is 1. The molecule has 0 saturated carbocycles. The van der Waals surface area contributed by atoms with E-state index < -0.39 is 0 Å². The van der Waals surface area contributed by atoms with Crippen LogP contribution >= 0.6 is 17.0 Å². The number of amidine groups is 1. The Kier molecular flexibility index (Phi) is 9.38. The molecule has 1 heterocycles. The molecule has 2 aromatic rings. The highest BCUT2D eigenvalue weighted by molar-refractivity contribution is 8.93. The molecule has 0 radical (unpaired) electrons. The smallest absolute Gasteiger partial charge is 0.182 e. The summed E-state index contributed by atoms with van der Waals surface area (Å²) in [6.45, 7) is 14.7. The number of ketones is 1. The Morgan fingerprint density at radius 1 is 1.03 bits per heavy atom. The van der Waals surface area contributed by atoms with Crippen molar-refractivity contribution in [2.45, 2.75) is 91.0 Å². The SMILES string of the molecule is Br.CCC[C@H]1C[C@H](Cc2ccccc2)N(CC(=O)c2cc(C(C)(C)C)c(O)c(C(C)(C)C)c2)C1=N. The number of likely N-dealkylation sites (tertiary alicyclic amines) is 1. The molecule has 1 saturated heterocycles. The summed E-state index contributed by atoms with van der Waals surface area (Å²) in [5.74, 6) is 1.11. The predicted molar refractivity (Wildman–Crippen MR) is 152 cm³/mol. The van der Waals surface area contributed by atoms with E-state index in [1.165, 1.54) is 5.56 Å². The van der Waals surface area contributed by atoms with E-state index in [9.17, 15) is 9.90 Å². The summed E-state index contributed by atoms with van der Waals surface area (Å²) in [6, 6.07) is 14.2. The molecule has 0 amide bonds. The molecular formula is C30H43BrN2O2. The average molecular weight is 544 g/mol. The van der Waals surface area contributed by atoms with Gasteiger partial charge in [-0.25, -0.2) is 0 Å².